The summed E-state index contributed by atoms with van der Waals surface area (Å²) < 4.78 is 30.1. The number of ether oxygens (including phenoxy) is 1. The SMILES string of the molecule is CS(=O)(=O)N1CCC[C@@H](Oc2cc(C#N)ccn2)C1. The molecule has 0 radical (unpaired) electrons. The first-order valence-electron chi connectivity index (χ1n) is 5.97. The maximum absolute atomic E-state index is 11.5. The van der Waals surface area contributed by atoms with Crippen LogP contribution in [0.15, 0.2) is 18.3 Å². The summed E-state index contributed by atoms with van der Waals surface area (Å²) in [7, 11) is -3.18. The first kappa shape index (κ1) is 13.8. The van der Waals surface area contributed by atoms with Gasteiger partial charge in [-0.25, -0.2) is 13.4 Å². The second-order valence-corrected chi connectivity index (χ2v) is 6.48. The normalized spacial score (nSPS) is 20.7. The van der Waals surface area contributed by atoms with Crippen LogP contribution in [0.25, 0.3) is 0 Å². The van der Waals surface area contributed by atoms with E-state index in [4.69, 9.17) is 10.00 Å². The topological polar surface area (TPSA) is 83.3 Å². The van der Waals surface area contributed by atoms with Crippen LogP contribution in [-0.4, -0.2) is 43.2 Å². The van der Waals surface area contributed by atoms with Crippen molar-refractivity contribution in [3.05, 3.63) is 23.9 Å². The Hall–Kier alpha value is -1.65. The lowest BCUT2D eigenvalue weighted by Gasteiger charge is -2.30. The van der Waals surface area contributed by atoms with Crippen molar-refractivity contribution < 1.29 is 13.2 Å². The van der Waals surface area contributed by atoms with Crippen molar-refractivity contribution in [2.24, 2.45) is 0 Å². The molecule has 1 atom stereocenters. The van der Waals surface area contributed by atoms with Crippen LogP contribution in [0.2, 0.25) is 0 Å². The quantitative estimate of drug-likeness (QED) is 0.816. The Morgan fingerprint density at radius 1 is 1.58 bits per heavy atom. The van der Waals surface area contributed by atoms with Crippen LogP contribution < -0.4 is 4.74 Å². The first-order chi connectivity index (χ1) is 8.99. The molecule has 0 saturated carbocycles. The number of piperidine rings is 1. The van der Waals surface area contributed by atoms with Crippen LogP contribution >= 0.6 is 0 Å². The summed E-state index contributed by atoms with van der Waals surface area (Å²) in [6.45, 7) is 0.863. The van der Waals surface area contributed by atoms with Crippen LogP contribution in [0.4, 0.5) is 0 Å². The summed E-state index contributed by atoms with van der Waals surface area (Å²) >= 11 is 0. The maximum Gasteiger partial charge on any atom is 0.214 e. The lowest BCUT2D eigenvalue weighted by atomic mass is 10.1. The maximum atomic E-state index is 11.5. The van der Waals surface area contributed by atoms with Gasteiger partial charge in [0.05, 0.1) is 24.4 Å². The van der Waals surface area contributed by atoms with Gasteiger partial charge in [-0.15, -0.1) is 0 Å². The minimum absolute atomic E-state index is 0.218. The van der Waals surface area contributed by atoms with Crippen molar-refractivity contribution in [2.45, 2.75) is 18.9 Å². The van der Waals surface area contributed by atoms with Crippen LogP contribution in [0.1, 0.15) is 18.4 Å². The molecule has 0 N–H and O–H groups in total. The van der Waals surface area contributed by atoms with Gasteiger partial charge in [0.2, 0.25) is 15.9 Å². The molecule has 1 aromatic heterocycles. The predicted octanol–water partition coefficient (Wildman–Crippen LogP) is 0.756. The highest BCUT2D eigenvalue weighted by atomic mass is 32.2. The summed E-state index contributed by atoms with van der Waals surface area (Å²) in [5, 5.41) is 8.80. The monoisotopic (exact) mass is 281 g/mol. The number of pyridine rings is 1. The van der Waals surface area contributed by atoms with E-state index in [0.717, 1.165) is 12.8 Å². The molecule has 102 valence electrons. The summed E-state index contributed by atoms with van der Waals surface area (Å²) in [6.07, 6.45) is 4.03. The van der Waals surface area contributed by atoms with E-state index >= 15 is 0 Å². The molecule has 1 saturated heterocycles. The molecule has 0 amide bonds. The van der Waals surface area contributed by atoms with Crippen LogP contribution in [-0.2, 0) is 10.0 Å². The third kappa shape index (κ3) is 3.66. The molecule has 7 heteroatoms. The molecule has 0 bridgehead atoms. The number of sulfonamides is 1. The fourth-order valence-electron chi connectivity index (χ4n) is 2.02. The van der Waals surface area contributed by atoms with Gasteiger partial charge in [0.1, 0.15) is 6.10 Å². The molecule has 0 unspecified atom stereocenters. The van der Waals surface area contributed by atoms with Gasteiger partial charge in [0.15, 0.2) is 0 Å². The number of hydrogen-bond donors (Lipinski definition) is 0. The van der Waals surface area contributed by atoms with Gasteiger partial charge in [0, 0.05) is 18.8 Å². The van der Waals surface area contributed by atoms with Crippen LogP contribution in [0, 0.1) is 11.3 Å². The van der Waals surface area contributed by atoms with Crippen LogP contribution in [0.5, 0.6) is 5.88 Å². The van der Waals surface area contributed by atoms with Crippen molar-refractivity contribution in [2.75, 3.05) is 19.3 Å². The van der Waals surface area contributed by atoms with E-state index in [9.17, 15) is 8.42 Å². The summed E-state index contributed by atoms with van der Waals surface area (Å²) in [5.74, 6) is 0.361. The third-order valence-electron chi connectivity index (χ3n) is 2.96. The van der Waals surface area contributed by atoms with Gasteiger partial charge in [-0.1, -0.05) is 0 Å². The van der Waals surface area contributed by atoms with Gasteiger partial charge < -0.3 is 4.74 Å². The molecule has 2 heterocycles. The molecule has 1 aromatic rings. The zero-order chi connectivity index (χ0) is 13.9. The number of rotatable bonds is 3. The Bertz CT molecular complexity index is 594. The Morgan fingerprint density at radius 2 is 2.37 bits per heavy atom. The molecule has 1 fully saturated rings. The van der Waals surface area contributed by atoms with Crippen molar-refractivity contribution in [1.82, 2.24) is 9.29 Å². The van der Waals surface area contributed by atoms with Gasteiger partial charge >= 0.3 is 0 Å². The molecule has 1 aliphatic heterocycles. The molecule has 0 spiro atoms. The van der Waals surface area contributed by atoms with Gasteiger partial charge in [-0.3, -0.25) is 0 Å². The van der Waals surface area contributed by atoms with E-state index in [1.807, 2.05) is 6.07 Å². The molecule has 2 rings (SSSR count). The van der Waals surface area contributed by atoms with Crippen molar-refractivity contribution >= 4 is 10.0 Å². The number of aromatic nitrogens is 1. The highest BCUT2D eigenvalue weighted by Gasteiger charge is 2.27. The molecule has 0 aromatic carbocycles. The van der Waals surface area contributed by atoms with Crippen molar-refractivity contribution in [1.29, 1.82) is 5.26 Å². The smallest absolute Gasteiger partial charge is 0.214 e. The average Bonchev–Trinajstić information content (AvgIpc) is 2.38. The molecule has 19 heavy (non-hydrogen) atoms. The van der Waals surface area contributed by atoms with E-state index < -0.39 is 10.0 Å². The molecular formula is C12H15N3O3S. The minimum Gasteiger partial charge on any atom is -0.473 e. The number of nitriles is 1. The molecular weight excluding hydrogens is 266 g/mol. The predicted molar refractivity (Wildman–Crippen MR) is 69.0 cm³/mol. The lowest BCUT2D eigenvalue weighted by molar-refractivity contribution is 0.125. The standard InChI is InChI=1S/C12H15N3O3S/c1-19(16,17)15-6-2-3-11(9-15)18-12-7-10(8-13)4-5-14-12/h4-5,7,11H,2-3,6,9H2,1H3/t11-/m1/s1. The second-order valence-electron chi connectivity index (χ2n) is 4.50. The zero-order valence-electron chi connectivity index (χ0n) is 10.6. The van der Waals surface area contributed by atoms with Gasteiger partial charge in [0.25, 0.3) is 0 Å². The minimum atomic E-state index is -3.18. The highest BCUT2D eigenvalue weighted by Crippen LogP contribution is 2.18. The summed E-state index contributed by atoms with van der Waals surface area (Å²) in [6, 6.07) is 5.16. The van der Waals surface area contributed by atoms with Crippen LogP contribution in [0.3, 0.4) is 0 Å². The molecule has 1 aliphatic rings. The fourth-order valence-corrected chi connectivity index (χ4v) is 2.91. The Balaban J connectivity index is 2.05. The second kappa shape index (κ2) is 5.55. The van der Waals surface area contributed by atoms with E-state index in [0.29, 0.717) is 24.5 Å². The lowest BCUT2D eigenvalue weighted by Crippen LogP contribution is -2.43. The first-order valence-corrected chi connectivity index (χ1v) is 7.82. The van der Waals surface area contributed by atoms with E-state index in [2.05, 4.69) is 4.98 Å². The number of hydrogen-bond acceptors (Lipinski definition) is 5. The van der Waals surface area contributed by atoms with Gasteiger partial charge in [-0.2, -0.15) is 9.57 Å². The third-order valence-corrected chi connectivity index (χ3v) is 4.23. The zero-order valence-corrected chi connectivity index (χ0v) is 11.4. The van der Waals surface area contributed by atoms with Gasteiger partial charge in [-0.05, 0) is 18.9 Å². The summed E-state index contributed by atoms with van der Waals surface area (Å²) in [4.78, 5) is 4.03. The van der Waals surface area contributed by atoms with Crippen molar-refractivity contribution in [3.8, 4) is 11.9 Å². The molecule has 6 nitrogen and oxygen atoms in total. The van der Waals surface area contributed by atoms with Crippen molar-refractivity contribution in [3.63, 3.8) is 0 Å². The number of nitrogens with zero attached hydrogens (tertiary/aromatic N) is 3. The van der Waals surface area contributed by atoms with E-state index in [-0.39, 0.29) is 6.10 Å². The average molecular weight is 281 g/mol. The van der Waals surface area contributed by atoms with E-state index in [1.165, 1.54) is 16.8 Å². The Morgan fingerprint density at radius 3 is 3.05 bits per heavy atom. The highest BCUT2D eigenvalue weighted by molar-refractivity contribution is 7.88. The molecule has 0 aliphatic carbocycles. The Labute approximate surface area is 112 Å². The largest absolute Gasteiger partial charge is 0.473 e. The Kier molecular flexibility index (Phi) is 4.02. The summed E-state index contributed by atoms with van der Waals surface area (Å²) in [5.41, 5.74) is 0.473. The fraction of sp³-hybridized carbons (Fsp3) is 0.500. The van der Waals surface area contributed by atoms with E-state index in [1.54, 1.807) is 12.1 Å².